The highest BCUT2D eigenvalue weighted by molar-refractivity contribution is 6.22. The number of halogens is 2. The van der Waals surface area contributed by atoms with Crippen LogP contribution in [0, 0.1) is 0 Å². The fourth-order valence-electron chi connectivity index (χ4n) is 1.74. The van der Waals surface area contributed by atoms with E-state index in [-0.39, 0.29) is 5.38 Å². The maximum atomic E-state index is 6.09. The number of hydrogen-bond donors (Lipinski definition) is 0. The van der Waals surface area contributed by atoms with E-state index in [2.05, 4.69) is 14.9 Å². The van der Waals surface area contributed by atoms with E-state index in [1.165, 1.54) is 0 Å². The van der Waals surface area contributed by atoms with E-state index in [9.17, 15) is 0 Å². The number of rotatable bonds is 2. The van der Waals surface area contributed by atoms with Gasteiger partial charge in [-0.2, -0.15) is 0 Å². The first-order valence-electron chi connectivity index (χ1n) is 4.54. The molecule has 0 spiro atoms. The van der Waals surface area contributed by atoms with Crippen LogP contribution in [0.1, 0.15) is 6.42 Å². The lowest BCUT2D eigenvalue weighted by molar-refractivity contribution is 0.733. The second-order valence-electron chi connectivity index (χ2n) is 3.36. The summed E-state index contributed by atoms with van der Waals surface area (Å²) in [4.78, 5) is 10.2. The van der Waals surface area contributed by atoms with Gasteiger partial charge in [-0.3, -0.25) is 0 Å². The summed E-state index contributed by atoms with van der Waals surface area (Å²) in [5.41, 5.74) is 0. The van der Waals surface area contributed by atoms with Gasteiger partial charge in [0, 0.05) is 24.7 Å². The predicted octanol–water partition coefficient (Wildman–Crippen LogP) is 1.90. The van der Waals surface area contributed by atoms with Gasteiger partial charge in [0.2, 0.25) is 0 Å². The number of alkyl halides is 2. The summed E-state index contributed by atoms with van der Waals surface area (Å²) in [6.45, 7) is 0.815. The van der Waals surface area contributed by atoms with Crippen molar-refractivity contribution in [2.75, 3.05) is 17.3 Å². The van der Waals surface area contributed by atoms with E-state index in [1.54, 1.807) is 12.5 Å². The molecule has 1 aromatic rings. The van der Waals surface area contributed by atoms with Crippen molar-refractivity contribution in [3.05, 3.63) is 18.6 Å². The second-order valence-corrected chi connectivity index (χ2v) is 4.29. The molecule has 1 aliphatic heterocycles. The zero-order valence-electron chi connectivity index (χ0n) is 7.61. The molecule has 0 amide bonds. The van der Waals surface area contributed by atoms with E-state index in [4.69, 9.17) is 23.2 Å². The zero-order chi connectivity index (χ0) is 9.97. The van der Waals surface area contributed by atoms with Gasteiger partial charge < -0.3 is 4.90 Å². The molecule has 0 bridgehead atoms. The van der Waals surface area contributed by atoms with Gasteiger partial charge in [0.05, 0.1) is 5.38 Å². The SMILES string of the molecule is ClCC1CC(Cl)CN1c1ccncn1. The molecule has 1 aliphatic rings. The first kappa shape index (κ1) is 9.99. The number of anilines is 1. The Kier molecular flexibility index (Phi) is 3.08. The lowest BCUT2D eigenvalue weighted by Gasteiger charge is -2.23. The van der Waals surface area contributed by atoms with Crippen molar-refractivity contribution in [3.63, 3.8) is 0 Å². The molecule has 2 unspecified atom stereocenters. The Balaban J connectivity index is 2.18. The van der Waals surface area contributed by atoms with Crippen LogP contribution in [-0.4, -0.2) is 33.8 Å². The molecular weight excluding hydrogens is 221 g/mol. The minimum absolute atomic E-state index is 0.175. The Hall–Kier alpha value is -0.540. The van der Waals surface area contributed by atoms with Crippen molar-refractivity contribution in [1.82, 2.24) is 9.97 Å². The highest BCUT2D eigenvalue weighted by atomic mass is 35.5. The Morgan fingerprint density at radius 2 is 2.43 bits per heavy atom. The number of nitrogens with zero attached hydrogens (tertiary/aromatic N) is 3. The molecule has 0 N–H and O–H groups in total. The Labute approximate surface area is 93.1 Å². The molecule has 2 atom stereocenters. The average Bonchev–Trinajstić information content (AvgIpc) is 2.61. The summed E-state index contributed by atoms with van der Waals surface area (Å²) in [6.07, 6.45) is 4.20. The molecule has 0 aromatic carbocycles. The van der Waals surface area contributed by atoms with E-state index in [0.717, 1.165) is 18.8 Å². The van der Waals surface area contributed by atoms with E-state index >= 15 is 0 Å². The Morgan fingerprint density at radius 1 is 1.57 bits per heavy atom. The molecule has 2 heterocycles. The molecule has 14 heavy (non-hydrogen) atoms. The molecule has 0 aliphatic carbocycles. The highest BCUT2D eigenvalue weighted by Gasteiger charge is 2.30. The average molecular weight is 232 g/mol. The van der Waals surface area contributed by atoms with Crippen LogP contribution in [0.5, 0.6) is 0 Å². The van der Waals surface area contributed by atoms with Crippen LogP contribution in [0.4, 0.5) is 5.82 Å². The topological polar surface area (TPSA) is 29.0 Å². The van der Waals surface area contributed by atoms with Crippen molar-refractivity contribution in [3.8, 4) is 0 Å². The van der Waals surface area contributed by atoms with E-state index in [1.807, 2.05) is 6.07 Å². The largest absolute Gasteiger partial charge is 0.351 e. The molecule has 2 rings (SSSR count). The molecule has 3 nitrogen and oxygen atoms in total. The van der Waals surface area contributed by atoms with Gasteiger partial charge in [-0.25, -0.2) is 9.97 Å². The van der Waals surface area contributed by atoms with Gasteiger partial charge in [-0.15, -0.1) is 23.2 Å². The first-order valence-corrected chi connectivity index (χ1v) is 5.51. The molecule has 1 fully saturated rings. The third-order valence-corrected chi connectivity index (χ3v) is 3.07. The molecule has 1 aromatic heterocycles. The van der Waals surface area contributed by atoms with Crippen LogP contribution in [0.3, 0.4) is 0 Å². The smallest absolute Gasteiger partial charge is 0.132 e. The van der Waals surface area contributed by atoms with Crippen molar-refractivity contribution < 1.29 is 0 Å². The monoisotopic (exact) mass is 231 g/mol. The second kappa shape index (κ2) is 4.32. The molecule has 0 radical (unpaired) electrons. The van der Waals surface area contributed by atoms with Crippen LogP contribution in [0.25, 0.3) is 0 Å². The Bertz CT molecular complexity index is 293. The molecule has 76 valence electrons. The summed E-state index contributed by atoms with van der Waals surface area (Å²) in [5, 5.41) is 0.175. The quantitative estimate of drug-likeness (QED) is 0.729. The van der Waals surface area contributed by atoms with Crippen LogP contribution >= 0.6 is 23.2 Å². The van der Waals surface area contributed by atoms with Crippen molar-refractivity contribution in [2.45, 2.75) is 17.8 Å². The fraction of sp³-hybridized carbons (Fsp3) is 0.556. The zero-order valence-corrected chi connectivity index (χ0v) is 9.12. The minimum Gasteiger partial charge on any atom is -0.351 e. The van der Waals surface area contributed by atoms with E-state index in [0.29, 0.717) is 11.9 Å². The molecule has 5 heteroatoms. The number of hydrogen-bond acceptors (Lipinski definition) is 3. The summed E-state index contributed by atoms with van der Waals surface area (Å²) in [5.74, 6) is 1.50. The van der Waals surface area contributed by atoms with E-state index < -0.39 is 0 Å². The molecule has 1 saturated heterocycles. The lowest BCUT2D eigenvalue weighted by Crippen LogP contribution is -2.31. The predicted molar refractivity (Wildman–Crippen MR) is 58.1 cm³/mol. The lowest BCUT2D eigenvalue weighted by atomic mass is 10.2. The fourth-order valence-corrected chi connectivity index (χ4v) is 2.39. The maximum absolute atomic E-state index is 6.09. The maximum Gasteiger partial charge on any atom is 0.132 e. The van der Waals surface area contributed by atoms with Gasteiger partial charge >= 0.3 is 0 Å². The van der Waals surface area contributed by atoms with Crippen molar-refractivity contribution in [1.29, 1.82) is 0 Å². The third kappa shape index (κ3) is 1.93. The van der Waals surface area contributed by atoms with Crippen LogP contribution in [0.15, 0.2) is 18.6 Å². The standard InChI is InChI=1S/C9H11Cl2N3/c10-4-8-3-7(11)5-14(8)9-1-2-12-6-13-9/h1-2,6-8H,3-5H2. The summed E-state index contributed by atoms with van der Waals surface area (Å²) < 4.78 is 0. The first-order chi connectivity index (χ1) is 6.81. The summed E-state index contributed by atoms with van der Waals surface area (Å²) >= 11 is 12.0. The summed E-state index contributed by atoms with van der Waals surface area (Å²) in [7, 11) is 0. The van der Waals surface area contributed by atoms with Crippen LogP contribution in [0.2, 0.25) is 0 Å². The third-order valence-electron chi connectivity index (χ3n) is 2.40. The normalized spacial score (nSPS) is 26.9. The van der Waals surface area contributed by atoms with Crippen LogP contribution < -0.4 is 4.90 Å². The van der Waals surface area contributed by atoms with Gasteiger partial charge in [0.1, 0.15) is 12.1 Å². The van der Waals surface area contributed by atoms with Gasteiger partial charge in [-0.1, -0.05) is 0 Å². The van der Waals surface area contributed by atoms with Crippen LogP contribution in [-0.2, 0) is 0 Å². The summed E-state index contributed by atoms with van der Waals surface area (Å²) in [6, 6.07) is 2.18. The van der Waals surface area contributed by atoms with Gasteiger partial charge in [-0.05, 0) is 12.5 Å². The van der Waals surface area contributed by atoms with Crippen molar-refractivity contribution >= 4 is 29.0 Å². The minimum atomic E-state index is 0.175. The Morgan fingerprint density at radius 3 is 3.07 bits per heavy atom. The van der Waals surface area contributed by atoms with Gasteiger partial charge in [0.15, 0.2) is 0 Å². The van der Waals surface area contributed by atoms with Gasteiger partial charge in [0.25, 0.3) is 0 Å². The highest BCUT2D eigenvalue weighted by Crippen LogP contribution is 2.26. The molecular formula is C9H11Cl2N3. The van der Waals surface area contributed by atoms with Crippen molar-refractivity contribution in [2.24, 2.45) is 0 Å². The molecule has 0 saturated carbocycles. The number of aromatic nitrogens is 2.